The van der Waals surface area contributed by atoms with E-state index in [4.69, 9.17) is 10.9 Å². The van der Waals surface area contributed by atoms with Crippen molar-refractivity contribution in [3.8, 4) is 0 Å². The van der Waals surface area contributed by atoms with E-state index in [2.05, 4.69) is 20.8 Å². The SMILES string of the molecule is N/C(=N/O)c1ccc(CNCCn2ccnn2)cc1. The summed E-state index contributed by atoms with van der Waals surface area (Å²) < 4.78 is 1.77. The lowest BCUT2D eigenvalue weighted by Crippen LogP contribution is -2.20. The second-order valence-electron chi connectivity index (χ2n) is 4.03. The van der Waals surface area contributed by atoms with Gasteiger partial charge in [-0.2, -0.15) is 0 Å². The second-order valence-corrected chi connectivity index (χ2v) is 4.03. The van der Waals surface area contributed by atoms with Crippen molar-refractivity contribution in [2.45, 2.75) is 13.1 Å². The highest BCUT2D eigenvalue weighted by Gasteiger charge is 1.99. The Kier molecular flexibility index (Phi) is 4.46. The maximum Gasteiger partial charge on any atom is 0.170 e. The predicted octanol–water partition coefficient (Wildman–Crippen LogP) is 0.162. The molecule has 0 fully saturated rings. The smallest absolute Gasteiger partial charge is 0.170 e. The lowest BCUT2D eigenvalue weighted by Gasteiger charge is -2.05. The summed E-state index contributed by atoms with van der Waals surface area (Å²) in [7, 11) is 0. The monoisotopic (exact) mass is 260 g/mol. The number of nitrogens with one attached hydrogen (secondary N) is 1. The molecule has 0 saturated heterocycles. The van der Waals surface area contributed by atoms with Crippen LogP contribution in [0.4, 0.5) is 0 Å². The minimum atomic E-state index is 0.116. The van der Waals surface area contributed by atoms with Crippen molar-refractivity contribution in [3.63, 3.8) is 0 Å². The lowest BCUT2D eigenvalue weighted by molar-refractivity contribution is 0.318. The quantitative estimate of drug-likeness (QED) is 0.226. The summed E-state index contributed by atoms with van der Waals surface area (Å²) in [6.07, 6.45) is 3.49. The van der Waals surface area contributed by atoms with Crippen LogP contribution in [0.1, 0.15) is 11.1 Å². The molecule has 2 rings (SSSR count). The van der Waals surface area contributed by atoms with E-state index in [1.165, 1.54) is 0 Å². The number of hydrogen-bond acceptors (Lipinski definition) is 5. The van der Waals surface area contributed by atoms with Gasteiger partial charge >= 0.3 is 0 Å². The molecule has 0 aliphatic rings. The van der Waals surface area contributed by atoms with Crippen LogP contribution in [0.2, 0.25) is 0 Å². The average molecular weight is 260 g/mol. The van der Waals surface area contributed by atoms with Gasteiger partial charge in [0.05, 0.1) is 12.7 Å². The molecule has 0 amide bonds. The Morgan fingerprint density at radius 1 is 1.37 bits per heavy atom. The van der Waals surface area contributed by atoms with Gasteiger partial charge in [0.2, 0.25) is 0 Å². The van der Waals surface area contributed by atoms with Crippen molar-refractivity contribution < 1.29 is 5.21 Å². The number of aromatic nitrogens is 3. The van der Waals surface area contributed by atoms with Crippen LogP contribution in [0.15, 0.2) is 41.8 Å². The Bertz CT molecular complexity index is 520. The maximum absolute atomic E-state index is 8.56. The molecule has 1 aromatic carbocycles. The Balaban J connectivity index is 1.77. The van der Waals surface area contributed by atoms with Gasteiger partial charge in [0.25, 0.3) is 0 Å². The largest absolute Gasteiger partial charge is 0.409 e. The van der Waals surface area contributed by atoms with E-state index in [0.29, 0.717) is 5.56 Å². The van der Waals surface area contributed by atoms with Crippen molar-refractivity contribution in [1.82, 2.24) is 20.3 Å². The van der Waals surface area contributed by atoms with E-state index < -0.39 is 0 Å². The molecule has 2 aromatic rings. The van der Waals surface area contributed by atoms with E-state index in [1.807, 2.05) is 30.5 Å². The molecule has 4 N–H and O–H groups in total. The molecule has 19 heavy (non-hydrogen) atoms. The summed E-state index contributed by atoms with van der Waals surface area (Å²) in [6, 6.07) is 7.53. The van der Waals surface area contributed by atoms with Gasteiger partial charge in [0.1, 0.15) is 0 Å². The maximum atomic E-state index is 8.56. The summed E-state index contributed by atoms with van der Waals surface area (Å²) in [6.45, 7) is 2.35. The molecule has 100 valence electrons. The first kappa shape index (κ1) is 13.0. The van der Waals surface area contributed by atoms with Crippen LogP contribution in [-0.4, -0.2) is 32.6 Å². The standard InChI is InChI=1S/C12H16N6O/c13-12(16-19)11-3-1-10(2-4-11)9-14-5-7-18-8-6-15-17-18/h1-4,6,8,14,19H,5,7,9H2,(H2,13,16). The van der Waals surface area contributed by atoms with Crippen LogP contribution < -0.4 is 11.1 Å². The molecule has 1 heterocycles. The molecule has 0 unspecified atom stereocenters. The first-order chi connectivity index (χ1) is 9.29. The Morgan fingerprint density at radius 2 is 2.16 bits per heavy atom. The fourth-order valence-corrected chi connectivity index (χ4v) is 1.63. The van der Waals surface area contributed by atoms with Crippen molar-refractivity contribution in [3.05, 3.63) is 47.8 Å². The zero-order valence-electron chi connectivity index (χ0n) is 10.4. The third-order valence-corrected chi connectivity index (χ3v) is 2.68. The van der Waals surface area contributed by atoms with Gasteiger partial charge in [-0.3, -0.25) is 4.68 Å². The summed E-state index contributed by atoms with van der Waals surface area (Å²) in [5.74, 6) is 0.116. The molecule has 7 heteroatoms. The highest BCUT2D eigenvalue weighted by Crippen LogP contribution is 2.03. The summed E-state index contributed by atoms with van der Waals surface area (Å²) in [5, 5.41) is 22.4. The predicted molar refractivity (Wildman–Crippen MR) is 70.7 cm³/mol. The molecule has 1 aromatic heterocycles. The number of amidine groups is 1. The molecular weight excluding hydrogens is 244 g/mol. The van der Waals surface area contributed by atoms with E-state index in [0.717, 1.165) is 25.2 Å². The third kappa shape index (κ3) is 3.78. The molecule has 0 bridgehead atoms. The summed E-state index contributed by atoms with van der Waals surface area (Å²) >= 11 is 0. The lowest BCUT2D eigenvalue weighted by atomic mass is 10.1. The van der Waals surface area contributed by atoms with Crippen molar-refractivity contribution in [2.75, 3.05) is 6.54 Å². The topological polar surface area (TPSA) is 101 Å². The van der Waals surface area contributed by atoms with E-state index in [-0.39, 0.29) is 5.84 Å². The molecule has 0 spiro atoms. The van der Waals surface area contributed by atoms with Crippen LogP contribution in [0.25, 0.3) is 0 Å². The molecule has 0 aliphatic heterocycles. The first-order valence-electron chi connectivity index (χ1n) is 5.91. The second kappa shape index (κ2) is 6.50. The van der Waals surface area contributed by atoms with Crippen LogP contribution in [0.5, 0.6) is 0 Å². The van der Waals surface area contributed by atoms with Gasteiger partial charge in [-0.15, -0.1) is 5.10 Å². The third-order valence-electron chi connectivity index (χ3n) is 2.68. The van der Waals surface area contributed by atoms with Gasteiger partial charge in [0.15, 0.2) is 5.84 Å². The van der Waals surface area contributed by atoms with Crippen LogP contribution in [0.3, 0.4) is 0 Å². The first-order valence-corrected chi connectivity index (χ1v) is 5.91. The zero-order chi connectivity index (χ0) is 13.5. The van der Waals surface area contributed by atoms with Gasteiger partial charge in [-0.05, 0) is 5.56 Å². The molecule has 0 saturated carbocycles. The minimum Gasteiger partial charge on any atom is -0.409 e. The van der Waals surface area contributed by atoms with Crippen LogP contribution >= 0.6 is 0 Å². The van der Waals surface area contributed by atoms with Crippen molar-refractivity contribution >= 4 is 5.84 Å². The highest BCUT2D eigenvalue weighted by atomic mass is 16.4. The number of hydrogen-bond donors (Lipinski definition) is 3. The number of oxime groups is 1. The molecular formula is C12H16N6O. The van der Waals surface area contributed by atoms with Crippen LogP contribution in [-0.2, 0) is 13.1 Å². The number of rotatable bonds is 6. The van der Waals surface area contributed by atoms with Gasteiger partial charge in [0, 0.05) is 24.8 Å². The van der Waals surface area contributed by atoms with Crippen LogP contribution in [0, 0.1) is 0 Å². The van der Waals surface area contributed by atoms with Gasteiger partial charge < -0.3 is 16.3 Å². The van der Waals surface area contributed by atoms with Gasteiger partial charge in [-0.25, -0.2) is 0 Å². The normalized spacial score (nSPS) is 11.7. The number of benzene rings is 1. The molecule has 0 aliphatic carbocycles. The van der Waals surface area contributed by atoms with E-state index in [9.17, 15) is 0 Å². The summed E-state index contributed by atoms with van der Waals surface area (Å²) in [5.41, 5.74) is 7.32. The van der Waals surface area contributed by atoms with Gasteiger partial charge in [-0.1, -0.05) is 34.6 Å². The summed E-state index contributed by atoms with van der Waals surface area (Å²) in [4.78, 5) is 0. The fourth-order valence-electron chi connectivity index (χ4n) is 1.63. The number of nitrogens with two attached hydrogens (primary N) is 1. The van der Waals surface area contributed by atoms with Crippen molar-refractivity contribution in [2.24, 2.45) is 10.9 Å². The fraction of sp³-hybridized carbons (Fsp3) is 0.250. The highest BCUT2D eigenvalue weighted by molar-refractivity contribution is 5.96. The Labute approximate surface area is 110 Å². The average Bonchev–Trinajstić information content (AvgIpc) is 2.96. The Hall–Kier alpha value is -2.41. The van der Waals surface area contributed by atoms with Crippen molar-refractivity contribution in [1.29, 1.82) is 0 Å². The minimum absolute atomic E-state index is 0.116. The number of nitrogens with zero attached hydrogens (tertiary/aromatic N) is 4. The molecule has 7 nitrogen and oxygen atoms in total. The molecule has 0 radical (unpaired) electrons. The zero-order valence-corrected chi connectivity index (χ0v) is 10.4. The van der Waals surface area contributed by atoms with E-state index >= 15 is 0 Å². The van der Waals surface area contributed by atoms with E-state index in [1.54, 1.807) is 10.9 Å². The molecule has 0 atom stereocenters. The Morgan fingerprint density at radius 3 is 2.79 bits per heavy atom.